The van der Waals surface area contributed by atoms with Crippen LogP contribution in [0.25, 0.3) is 0 Å². The second-order valence-corrected chi connectivity index (χ2v) is 6.19. The molecule has 1 heterocycles. The highest BCUT2D eigenvalue weighted by Gasteiger charge is 2.23. The van der Waals surface area contributed by atoms with Crippen molar-refractivity contribution in [1.82, 2.24) is 4.90 Å². The summed E-state index contributed by atoms with van der Waals surface area (Å²) in [5.41, 5.74) is 2.36. The van der Waals surface area contributed by atoms with Crippen LogP contribution in [0.2, 0.25) is 0 Å². The lowest BCUT2D eigenvalue weighted by Crippen LogP contribution is -2.42. The minimum atomic E-state index is -0.0885. The number of ether oxygens (including phenoxy) is 1. The molecule has 0 bridgehead atoms. The van der Waals surface area contributed by atoms with Crippen LogP contribution in [0.5, 0.6) is 0 Å². The molecule has 0 unspecified atom stereocenters. The highest BCUT2D eigenvalue weighted by atomic mass is 16.5. The summed E-state index contributed by atoms with van der Waals surface area (Å²) < 4.78 is 5.83. The number of rotatable bonds is 5. The van der Waals surface area contributed by atoms with Crippen molar-refractivity contribution in [1.29, 1.82) is 0 Å². The van der Waals surface area contributed by atoms with E-state index in [1.54, 1.807) is 24.3 Å². The van der Waals surface area contributed by atoms with Crippen molar-refractivity contribution in [2.45, 2.75) is 13.0 Å². The summed E-state index contributed by atoms with van der Waals surface area (Å²) in [5.74, 6) is -0.107. The minimum Gasteiger partial charge on any atom is -0.371 e. The van der Waals surface area contributed by atoms with Crippen molar-refractivity contribution in [3.63, 3.8) is 0 Å². The Labute approximate surface area is 147 Å². The van der Waals surface area contributed by atoms with Gasteiger partial charge in [-0.1, -0.05) is 42.5 Å². The van der Waals surface area contributed by atoms with Crippen LogP contribution in [0, 0.1) is 0 Å². The molecule has 5 heteroatoms. The third-order valence-electron chi connectivity index (χ3n) is 4.24. The van der Waals surface area contributed by atoms with Gasteiger partial charge in [0.05, 0.1) is 19.3 Å². The number of hydrogen-bond donors (Lipinski definition) is 1. The van der Waals surface area contributed by atoms with E-state index in [-0.39, 0.29) is 17.8 Å². The van der Waals surface area contributed by atoms with Gasteiger partial charge in [0.1, 0.15) is 0 Å². The number of amides is 1. The molecule has 1 fully saturated rings. The predicted molar refractivity (Wildman–Crippen MR) is 96.7 cm³/mol. The molecule has 1 amide bonds. The Morgan fingerprint density at radius 3 is 2.72 bits per heavy atom. The zero-order valence-corrected chi connectivity index (χ0v) is 14.3. The summed E-state index contributed by atoms with van der Waals surface area (Å²) in [6.45, 7) is 3.83. The van der Waals surface area contributed by atoms with Crippen LogP contribution in [0.4, 0.5) is 5.69 Å². The van der Waals surface area contributed by atoms with Gasteiger partial charge in [0, 0.05) is 24.3 Å². The Bertz CT molecular complexity index is 746. The van der Waals surface area contributed by atoms with E-state index in [0.717, 1.165) is 12.1 Å². The molecule has 0 aromatic heterocycles. The topological polar surface area (TPSA) is 58.6 Å². The first-order chi connectivity index (χ1) is 12.1. The number of ketones is 1. The molecule has 1 N–H and O–H groups in total. The molecular weight excluding hydrogens is 316 g/mol. The number of carbonyl (C=O) groups excluding carboxylic acids is 2. The van der Waals surface area contributed by atoms with Crippen LogP contribution < -0.4 is 5.32 Å². The van der Waals surface area contributed by atoms with Gasteiger partial charge in [0.25, 0.3) is 0 Å². The highest BCUT2D eigenvalue weighted by molar-refractivity contribution is 5.97. The molecule has 1 saturated heterocycles. The van der Waals surface area contributed by atoms with Crippen LogP contribution in [-0.2, 0) is 9.53 Å². The number of benzene rings is 2. The fourth-order valence-corrected chi connectivity index (χ4v) is 2.94. The molecule has 5 nitrogen and oxygen atoms in total. The number of Topliss-reactive ketones (excluding diaryl/α,β-unsaturated/α-hetero) is 1. The van der Waals surface area contributed by atoms with Gasteiger partial charge in [-0.2, -0.15) is 0 Å². The Hall–Kier alpha value is -2.50. The Morgan fingerprint density at radius 2 is 1.96 bits per heavy atom. The number of nitrogens with one attached hydrogen (secondary N) is 1. The van der Waals surface area contributed by atoms with Crippen LogP contribution in [-0.4, -0.2) is 42.8 Å². The molecule has 2 aromatic rings. The van der Waals surface area contributed by atoms with Crippen LogP contribution in [0.15, 0.2) is 54.6 Å². The summed E-state index contributed by atoms with van der Waals surface area (Å²) >= 11 is 0. The quantitative estimate of drug-likeness (QED) is 0.852. The maximum Gasteiger partial charge on any atom is 0.238 e. The van der Waals surface area contributed by atoms with E-state index < -0.39 is 0 Å². The lowest BCUT2D eigenvalue weighted by Gasteiger charge is -2.32. The van der Waals surface area contributed by atoms with Gasteiger partial charge in [-0.3, -0.25) is 14.5 Å². The normalized spacial score (nSPS) is 17.9. The van der Waals surface area contributed by atoms with Crippen LogP contribution in [0.3, 0.4) is 0 Å². The molecular formula is C20H22N2O3. The third kappa shape index (κ3) is 4.75. The lowest BCUT2D eigenvalue weighted by atomic mass is 10.1. The van der Waals surface area contributed by atoms with Gasteiger partial charge in [-0.25, -0.2) is 0 Å². The Morgan fingerprint density at radius 1 is 1.16 bits per heavy atom. The largest absolute Gasteiger partial charge is 0.371 e. The summed E-state index contributed by atoms with van der Waals surface area (Å²) in [7, 11) is 0. The van der Waals surface area contributed by atoms with Crippen molar-refractivity contribution in [2.75, 3.05) is 31.6 Å². The van der Waals surface area contributed by atoms with Gasteiger partial charge in [-0.15, -0.1) is 0 Å². The van der Waals surface area contributed by atoms with E-state index in [1.165, 1.54) is 6.92 Å². The second kappa shape index (κ2) is 8.05. The zero-order valence-electron chi connectivity index (χ0n) is 14.3. The molecule has 3 rings (SSSR count). The smallest absolute Gasteiger partial charge is 0.238 e. The first kappa shape index (κ1) is 17.3. The van der Waals surface area contributed by atoms with Gasteiger partial charge in [-0.05, 0) is 24.6 Å². The Balaban J connectivity index is 1.57. The summed E-state index contributed by atoms with van der Waals surface area (Å²) in [4.78, 5) is 25.9. The lowest BCUT2D eigenvalue weighted by molar-refractivity contribution is -0.119. The first-order valence-electron chi connectivity index (χ1n) is 8.41. The van der Waals surface area contributed by atoms with Gasteiger partial charge in [0.15, 0.2) is 5.78 Å². The van der Waals surface area contributed by atoms with E-state index in [9.17, 15) is 9.59 Å². The first-order valence-corrected chi connectivity index (χ1v) is 8.41. The van der Waals surface area contributed by atoms with E-state index in [2.05, 4.69) is 10.2 Å². The van der Waals surface area contributed by atoms with Gasteiger partial charge in [0.2, 0.25) is 5.91 Å². The molecule has 0 spiro atoms. The van der Waals surface area contributed by atoms with Crippen molar-refractivity contribution >= 4 is 17.4 Å². The third-order valence-corrected chi connectivity index (χ3v) is 4.24. The number of hydrogen-bond acceptors (Lipinski definition) is 4. The summed E-state index contributed by atoms with van der Waals surface area (Å²) in [6.07, 6.45) is -0.0104. The van der Waals surface area contributed by atoms with Crippen molar-refractivity contribution in [3.05, 3.63) is 65.7 Å². The number of morpholine rings is 1. The number of anilines is 1. The molecule has 130 valence electrons. The number of carbonyl (C=O) groups is 2. The van der Waals surface area contributed by atoms with Crippen molar-refractivity contribution in [2.24, 2.45) is 0 Å². The van der Waals surface area contributed by atoms with Crippen molar-refractivity contribution < 1.29 is 14.3 Å². The van der Waals surface area contributed by atoms with Crippen LogP contribution >= 0.6 is 0 Å². The highest BCUT2D eigenvalue weighted by Crippen LogP contribution is 2.21. The summed E-state index contributed by atoms with van der Waals surface area (Å²) in [5, 5.41) is 2.87. The average Bonchev–Trinajstić information content (AvgIpc) is 2.63. The Kier molecular flexibility index (Phi) is 5.58. The number of nitrogens with zero attached hydrogens (tertiary/aromatic N) is 1. The zero-order chi connectivity index (χ0) is 17.6. The average molecular weight is 338 g/mol. The molecule has 1 aliphatic heterocycles. The predicted octanol–water partition coefficient (Wildman–Crippen LogP) is 2.90. The maximum atomic E-state index is 12.3. The van der Waals surface area contributed by atoms with Gasteiger partial charge >= 0.3 is 0 Å². The van der Waals surface area contributed by atoms with E-state index in [1.807, 2.05) is 30.3 Å². The molecule has 0 aliphatic carbocycles. The van der Waals surface area contributed by atoms with Gasteiger partial charge < -0.3 is 10.1 Å². The molecule has 0 radical (unpaired) electrons. The monoisotopic (exact) mass is 338 g/mol. The van der Waals surface area contributed by atoms with E-state index in [0.29, 0.717) is 30.9 Å². The molecule has 1 aliphatic rings. The second-order valence-electron chi connectivity index (χ2n) is 6.19. The maximum absolute atomic E-state index is 12.3. The molecule has 2 aromatic carbocycles. The van der Waals surface area contributed by atoms with Crippen LogP contribution in [0.1, 0.15) is 28.9 Å². The summed E-state index contributed by atoms with van der Waals surface area (Å²) in [6, 6.07) is 17.0. The minimum absolute atomic E-state index is 0.0104. The van der Waals surface area contributed by atoms with E-state index >= 15 is 0 Å². The SMILES string of the molecule is CC(=O)c1cccc(NC(=O)CN2CCO[C@@H](c3ccccc3)C2)c1. The fraction of sp³-hybridized carbons (Fsp3) is 0.300. The standard InChI is InChI=1S/C20H22N2O3/c1-15(23)17-8-5-9-18(12-17)21-20(24)14-22-10-11-25-19(13-22)16-6-3-2-4-7-16/h2-9,12,19H,10-11,13-14H2,1H3,(H,21,24)/t19-/m1/s1. The molecule has 25 heavy (non-hydrogen) atoms. The van der Waals surface area contributed by atoms with Crippen molar-refractivity contribution in [3.8, 4) is 0 Å². The molecule has 1 atom stereocenters. The van der Waals surface area contributed by atoms with E-state index in [4.69, 9.17) is 4.74 Å². The molecule has 0 saturated carbocycles. The fourth-order valence-electron chi connectivity index (χ4n) is 2.94.